The third-order valence-electron chi connectivity index (χ3n) is 4.94. The molecule has 2 rings (SSSR count). The van der Waals surface area contributed by atoms with Crippen molar-refractivity contribution in [2.24, 2.45) is 0 Å². The van der Waals surface area contributed by atoms with E-state index in [2.05, 4.69) is 5.32 Å². The van der Waals surface area contributed by atoms with Crippen LogP contribution in [0.1, 0.15) is 32.3 Å². The van der Waals surface area contributed by atoms with Gasteiger partial charge in [0.05, 0.1) is 12.0 Å². The maximum absolute atomic E-state index is 13.2. The molecule has 0 aliphatic carbocycles. The first-order chi connectivity index (χ1) is 15.8. The van der Waals surface area contributed by atoms with Gasteiger partial charge in [-0.3, -0.25) is 19.7 Å². The summed E-state index contributed by atoms with van der Waals surface area (Å²) in [4.78, 5) is 37.9. The van der Waals surface area contributed by atoms with Crippen LogP contribution in [-0.2, 0) is 16.1 Å². The van der Waals surface area contributed by atoms with Crippen LogP contribution >= 0.6 is 11.6 Å². The Morgan fingerprint density at radius 3 is 2.55 bits per heavy atom. The quantitative estimate of drug-likeness (QED) is 0.365. The number of methoxy groups -OCH3 is 1. The number of nitrogens with zero attached hydrogens (tertiary/aromatic N) is 2. The molecule has 0 heterocycles. The molecule has 0 bridgehead atoms. The van der Waals surface area contributed by atoms with Crippen LogP contribution in [0.25, 0.3) is 0 Å². The molecule has 33 heavy (non-hydrogen) atoms. The molecule has 2 aromatic carbocycles. The molecule has 0 aromatic heterocycles. The van der Waals surface area contributed by atoms with Crippen molar-refractivity contribution >= 4 is 29.1 Å². The number of ether oxygens (including phenoxy) is 2. The fourth-order valence-corrected chi connectivity index (χ4v) is 3.42. The Morgan fingerprint density at radius 2 is 1.94 bits per heavy atom. The van der Waals surface area contributed by atoms with Crippen molar-refractivity contribution in [2.45, 2.75) is 39.3 Å². The average Bonchev–Trinajstić information content (AvgIpc) is 2.81. The van der Waals surface area contributed by atoms with E-state index in [1.54, 1.807) is 18.2 Å². The first-order valence-electron chi connectivity index (χ1n) is 10.6. The molecule has 0 saturated carbocycles. The highest BCUT2D eigenvalue weighted by molar-refractivity contribution is 6.31. The Bertz CT molecular complexity index is 984. The van der Waals surface area contributed by atoms with Crippen LogP contribution in [0.3, 0.4) is 0 Å². The van der Waals surface area contributed by atoms with E-state index in [4.69, 9.17) is 21.1 Å². The minimum Gasteiger partial charge on any atom is -0.490 e. The smallest absolute Gasteiger partial charge is 0.311 e. The summed E-state index contributed by atoms with van der Waals surface area (Å²) in [6.07, 6.45) is 1.17. The van der Waals surface area contributed by atoms with Gasteiger partial charge in [-0.25, -0.2) is 0 Å². The van der Waals surface area contributed by atoms with Crippen LogP contribution in [0.4, 0.5) is 5.69 Å². The number of nitro benzene ring substituents is 1. The summed E-state index contributed by atoms with van der Waals surface area (Å²) < 4.78 is 10.6. The molecule has 0 unspecified atom stereocenters. The zero-order chi connectivity index (χ0) is 24.4. The van der Waals surface area contributed by atoms with Crippen LogP contribution in [0.2, 0.25) is 5.02 Å². The van der Waals surface area contributed by atoms with Gasteiger partial charge in [0.1, 0.15) is 11.8 Å². The van der Waals surface area contributed by atoms with Gasteiger partial charge in [-0.15, -0.1) is 0 Å². The zero-order valence-corrected chi connectivity index (χ0v) is 19.6. The maximum atomic E-state index is 13.2. The average molecular weight is 478 g/mol. The third kappa shape index (κ3) is 7.08. The Morgan fingerprint density at radius 1 is 1.21 bits per heavy atom. The summed E-state index contributed by atoms with van der Waals surface area (Å²) in [6, 6.07) is 10.4. The largest absolute Gasteiger partial charge is 0.490 e. The fraction of sp³-hybridized carbons (Fsp3) is 0.391. The van der Waals surface area contributed by atoms with Crippen molar-refractivity contribution in [3.05, 3.63) is 63.2 Å². The SMILES string of the molecule is CCCNC(=O)[C@@H](CC)N(Cc1ccccc1Cl)C(=O)COc1ccc([N+](=O)[O-])c(OC)c1. The summed E-state index contributed by atoms with van der Waals surface area (Å²) in [7, 11) is 1.31. The summed E-state index contributed by atoms with van der Waals surface area (Å²) in [5.41, 5.74) is 0.487. The molecule has 1 atom stereocenters. The number of benzene rings is 2. The van der Waals surface area contributed by atoms with E-state index in [1.807, 2.05) is 19.9 Å². The van der Waals surface area contributed by atoms with E-state index in [9.17, 15) is 19.7 Å². The molecular weight excluding hydrogens is 450 g/mol. The normalized spacial score (nSPS) is 11.4. The van der Waals surface area contributed by atoms with Gasteiger partial charge in [0.15, 0.2) is 6.61 Å². The second kappa shape index (κ2) is 12.6. The monoisotopic (exact) mass is 477 g/mol. The summed E-state index contributed by atoms with van der Waals surface area (Å²) in [5.74, 6) is -0.433. The number of nitrogens with one attached hydrogen (secondary N) is 1. The van der Waals surface area contributed by atoms with Gasteiger partial charge in [-0.2, -0.15) is 0 Å². The number of nitro groups is 1. The lowest BCUT2D eigenvalue weighted by Crippen LogP contribution is -2.50. The predicted molar refractivity (Wildman–Crippen MR) is 125 cm³/mol. The summed E-state index contributed by atoms with van der Waals surface area (Å²) in [5, 5.41) is 14.4. The number of carbonyl (C=O) groups is 2. The lowest BCUT2D eigenvalue weighted by atomic mass is 10.1. The number of amides is 2. The van der Waals surface area contributed by atoms with Crippen LogP contribution in [0.5, 0.6) is 11.5 Å². The fourth-order valence-electron chi connectivity index (χ4n) is 3.22. The lowest BCUT2D eigenvalue weighted by Gasteiger charge is -2.30. The Labute approximate surface area is 197 Å². The number of carbonyl (C=O) groups excluding carboxylic acids is 2. The van der Waals surface area contributed by atoms with Gasteiger partial charge in [-0.1, -0.05) is 43.6 Å². The molecular formula is C23H28ClN3O6. The van der Waals surface area contributed by atoms with Crippen molar-refractivity contribution in [3.63, 3.8) is 0 Å². The molecule has 178 valence electrons. The van der Waals surface area contributed by atoms with Gasteiger partial charge in [0.2, 0.25) is 11.7 Å². The molecule has 2 aromatic rings. The highest BCUT2D eigenvalue weighted by atomic mass is 35.5. The van der Waals surface area contributed by atoms with E-state index in [1.165, 1.54) is 30.2 Å². The van der Waals surface area contributed by atoms with E-state index in [0.717, 1.165) is 6.42 Å². The van der Waals surface area contributed by atoms with Gasteiger partial charge in [-0.05, 0) is 30.5 Å². The standard InChI is InChI=1S/C23H28ClN3O6/c1-4-12-25-23(29)19(5-2)26(14-16-8-6-7-9-18(16)24)22(28)15-33-17-10-11-20(27(30)31)21(13-17)32-3/h6-11,13,19H,4-5,12,14-15H2,1-3H3,(H,25,29)/t19-/m1/s1. The van der Waals surface area contributed by atoms with Crippen molar-refractivity contribution in [1.29, 1.82) is 0 Å². The van der Waals surface area contributed by atoms with E-state index < -0.39 is 16.9 Å². The van der Waals surface area contributed by atoms with Gasteiger partial charge in [0, 0.05) is 30.2 Å². The van der Waals surface area contributed by atoms with E-state index in [0.29, 0.717) is 23.6 Å². The molecule has 0 radical (unpaired) electrons. The molecule has 0 saturated heterocycles. The molecule has 2 amide bonds. The summed E-state index contributed by atoms with van der Waals surface area (Å²) in [6.45, 7) is 4.03. The molecule has 0 aliphatic rings. The van der Waals surface area contributed by atoms with E-state index in [-0.39, 0.29) is 36.2 Å². The molecule has 9 nitrogen and oxygen atoms in total. The number of hydrogen-bond acceptors (Lipinski definition) is 6. The van der Waals surface area contributed by atoms with Gasteiger partial charge >= 0.3 is 5.69 Å². The van der Waals surface area contributed by atoms with Crippen molar-refractivity contribution in [1.82, 2.24) is 10.2 Å². The van der Waals surface area contributed by atoms with Crippen molar-refractivity contribution < 1.29 is 24.0 Å². The minimum atomic E-state index is -0.713. The predicted octanol–water partition coefficient (Wildman–Crippen LogP) is 3.97. The Balaban J connectivity index is 2.24. The van der Waals surface area contributed by atoms with Crippen molar-refractivity contribution in [3.8, 4) is 11.5 Å². The molecule has 0 fully saturated rings. The molecule has 1 N–H and O–H groups in total. The molecule has 0 aliphatic heterocycles. The Hall–Kier alpha value is -3.33. The topological polar surface area (TPSA) is 111 Å². The second-order valence-electron chi connectivity index (χ2n) is 7.21. The number of halogens is 1. The highest BCUT2D eigenvalue weighted by Gasteiger charge is 2.29. The highest BCUT2D eigenvalue weighted by Crippen LogP contribution is 2.31. The molecule has 0 spiro atoms. The van der Waals surface area contributed by atoms with E-state index >= 15 is 0 Å². The maximum Gasteiger partial charge on any atom is 0.311 e. The second-order valence-corrected chi connectivity index (χ2v) is 7.61. The van der Waals surface area contributed by atoms with Crippen LogP contribution < -0.4 is 14.8 Å². The van der Waals surface area contributed by atoms with Crippen LogP contribution in [0, 0.1) is 10.1 Å². The third-order valence-corrected chi connectivity index (χ3v) is 5.31. The lowest BCUT2D eigenvalue weighted by molar-refractivity contribution is -0.385. The van der Waals surface area contributed by atoms with Crippen LogP contribution in [-0.4, -0.2) is 47.9 Å². The number of rotatable bonds is 12. The Kier molecular flexibility index (Phi) is 9.93. The van der Waals surface area contributed by atoms with Gasteiger partial charge in [0.25, 0.3) is 5.91 Å². The van der Waals surface area contributed by atoms with Gasteiger partial charge < -0.3 is 19.7 Å². The first kappa shape index (κ1) is 25.9. The zero-order valence-electron chi connectivity index (χ0n) is 18.9. The minimum absolute atomic E-state index is 0.0169. The first-order valence-corrected chi connectivity index (χ1v) is 11.0. The number of hydrogen-bond donors (Lipinski definition) is 1. The molecule has 10 heteroatoms. The van der Waals surface area contributed by atoms with Crippen LogP contribution in [0.15, 0.2) is 42.5 Å². The van der Waals surface area contributed by atoms with Crippen molar-refractivity contribution in [2.75, 3.05) is 20.3 Å². The summed E-state index contributed by atoms with van der Waals surface area (Å²) >= 11 is 6.29.